The van der Waals surface area contributed by atoms with Gasteiger partial charge in [-0.3, -0.25) is 0 Å². The summed E-state index contributed by atoms with van der Waals surface area (Å²) in [7, 11) is -3.55. The summed E-state index contributed by atoms with van der Waals surface area (Å²) in [6.45, 7) is 7.97. The summed E-state index contributed by atoms with van der Waals surface area (Å²) in [5.74, 6) is 0.181. The molecule has 1 N–H and O–H groups in total. The van der Waals surface area contributed by atoms with E-state index in [1.807, 2.05) is 45.0 Å². The van der Waals surface area contributed by atoms with Crippen molar-refractivity contribution in [2.75, 3.05) is 11.1 Å². The molecule has 6 nitrogen and oxygen atoms in total. The number of anilines is 1. The zero-order valence-corrected chi connectivity index (χ0v) is 17.6. The van der Waals surface area contributed by atoms with Gasteiger partial charge in [-0.25, -0.2) is 4.79 Å². The van der Waals surface area contributed by atoms with Crippen LogP contribution in [0.5, 0.6) is 5.75 Å². The lowest BCUT2D eigenvalue weighted by Gasteiger charge is -2.29. The molecule has 1 atom stereocenters. The third kappa shape index (κ3) is 6.27. The molecular weight excluding hydrogens is 376 g/mol. The Bertz CT molecular complexity index is 878. The quantitative estimate of drug-likeness (QED) is 0.655. The molecule has 7 heteroatoms. The lowest BCUT2D eigenvalue weighted by Crippen LogP contribution is -2.40. The molecule has 0 radical (unpaired) electrons. The minimum Gasteiger partial charge on any atom is -0.382 e. The van der Waals surface area contributed by atoms with Gasteiger partial charge in [0.25, 0.3) is 0 Å². The summed E-state index contributed by atoms with van der Waals surface area (Å²) < 4.78 is 28.1. The molecule has 152 valence electrons. The van der Waals surface area contributed by atoms with Gasteiger partial charge in [-0.15, -0.1) is 0 Å². The Kier molecular flexibility index (Phi) is 7.45. The van der Waals surface area contributed by atoms with Crippen molar-refractivity contribution in [2.24, 2.45) is 0 Å². The van der Waals surface area contributed by atoms with Gasteiger partial charge in [0, 0.05) is 18.3 Å². The Hall–Kier alpha value is -2.54. The number of urea groups is 1. The van der Waals surface area contributed by atoms with E-state index in [-0.39, 0.29) is 23.6 Å². The molecule has 0 aliphatic rings. The predicted octanol–water partition coefficient (Wildman–Crippen LogP) is 4.56. The Balaban J connectivity index is 2.11. The maximum Gasteiger partial charge on any atom is 0.322 e. The van der Waals surface area contributed by atoms with Crippen LogP contribution in [0.1, 0.15) is 38.3 Å². The lowest BCUT2D eigenvalue weighted by molar-refractivity contribution is 0.187. The summed E-state index contributed by atoms with van der Waals surface area (Å²) >= 11 is 0. The molecule has 0 bridgehead atoms. The average molecular weight is 405 g/mol. The Morgan fingerprint density at radius 3 is 2.21 bits per heavy atom. The van der Waals surface area contributed by atoms with Gasteiger partial charge in [0.15, 0.2) is 0 Å². The molecule has 0 aliphatic heterocycles. The van der Waals surface area contributed by atoms with E-state index >= 15 is 0 Å². The largest absolute Gasteiger partial charge is 0.382 e. The van der Waals surface area contributed by atoms with E-state index in [0.717, 1.165) is 23.2 Å². The monoisotopic (exact) mass is 404 g/mol. The first-order valence-corrected chi connectivity index (χ1v) is 11.0. The summed E-state index contributed by atoms with van der Waals surface area (Å²) in [5.41, 5.74) is 2.77. The second-order valence-corrected chi connectivity index (χ2v) is 8.61. The van der Waals surface area contributed by atoms with Crippen LogP contribution >= 0.6 is 0 Å². The van der Waals surface area contributed by atoms with Crippen molar-refractivity contribution >= 4 is 21.8 Å². The van der Waals surface area contributed by atoms with Crippen LogP contribution in [0.15, 0.2) is 48.5 Å². The topological polar surface area (TPSA) is 75.7 Å². The number of nitrogens with one attached hydrogen (secondary N) is 1. The van der Waals surface area contributed by atoms with Crippen LogP contribution < -0.4 is 9.50 Å². The van der Waals surface area contributed by atoms with Gasteiger partial charge in [0.1, 0.15) is 5.75 Å². The first-order chi connectivity index (χ1) is 13.2. The average Bonchev–Trinajstić information content (AvgIpc) is 2.68. The van der Waals surface area contributed by atoms with Crippen LogP contribution in [-0.2, 0) is 16.7 Å². The van der Waals surface area contributed by atoms with Gasteiger partial charge in [0.05, 0.1) is 5.75 Å². The minimum atomic E-state index is -3.55. The van der Waals surface area contributed by atoms with Gasteiger partial charge >= 0.3 is 16.1 Å². The molecule has 0 saturated carbocycles. The highest BCUT2D eigenvalue weighted by Gasteiger charge is 2.19. The van der Waals surface area contributed by atoms with E-state index in [0.29, 0.717) is 6.54 Å². The maximum absolute atomic E-state index is 12.8. The van der Waals surface area contributed by atoms with E-state index in [9.17, 15) is 13.2 Å². The van der Waals surface area contributed by atoms with Crippen molar-refractivity contribution in [1.82, 2.24) is 4.90 Å². The normalized spacial score (nSPS) is 12.3. The fourth-order valence-electron chi connectivity index (χ4n) is 2.53. The van der Waals surface area contributed by atoms with Gasteiger partial charge < -0.3 is 14.4 Å². The van der Waals surface area contributed by atoms with Crippen LogP contribution in [0.25, 0.3) is 0 Å². The number of hydrogen-bond donors (Lipinski definition) is 1. The fourth-order valence-corrected chi connectivity index (χ4v) is 3.06. The number of aryl methyl sites for hydroxylation is 1. The van der Waals surface area contributed by atoms with E-state index in [4.69, 9.17) is 4.18 Å². The third-order valence-corrected chi connectivity index (χ3v) is 5.69. The van der Waals surface area contributed by atoms with Gasteiger partial charge in [-0.1, -0.05) is 36.8 Å². The summed E-state index contributed by atoms with van der Waals surface area (Å²) in [5, 5.41) is 2.94. The molecule has 28 heavy (non-hydrogen) atoms. The van der Waals surface area contributed by atoms with Crippen molar-refractivity contribution in [1.29, 1.82) is 0 Å². The molecule has 0 spiro atoms. The smallest absolute Gasteiger partial charge is 0.322 e. The van der Waals surface area contributed by atoms with Crippen molar-refractivity contribution in [3.05, 3.63) is 59.7 Å². The summed E-state index contributed by atoms with van der Waals surface area (Å²) in [4.78, 5) is 14.6. The van der Waals surface area contributed by atoms with Gasteiger partial charge in [-0.2, -0.15) is 8.42 Å². The Morgan fingerprint density at radius 1 is 1.07 bits per heavy atom. The Morgan fingerprint density at radius 2 is 1.68 bits per heavy atom. The van der Waals surface area contributed by atoms with E-state index in [1.54, 1.807) is 29.2 Å². The van der Waals surface area contributed by atoms with Crippen LogP contribution in [0.2, 0.25) is 0 Å². The second-order valence-electron chi connectivity index (χ2n) is 6.75. The molecule has 0 heterocycles. The van der Waals surface area contributed by atoms with Crippen LogP contribution in [0.3, 0.4) is 0 Å². The third-order valence-electron chi connectivity index (χ3n) is 4.54. The van der Waals surface area contributed by atoms with E-state index in [2.05, 4.69) is 5.32 Å². The van der Waals surface area contributed by atoms with Gasteiger partial charge in [0.2, 0.25) is 0 Å². The zero-order valence-electron chi connectivity index (χ0n) is 16.8. The van der Waals surface area contributed by atoms with Gasteiger partial charge in [-0.05, 0) is 57.0 Å². The Labute approximate surface area is 167 Å². The number of benzene rings is 2. The molecular formula is C21H28N2O4S. The lowest BCUT2D eigenvalue weighted by atomic mass is 10.1. The molecule has 0 aliphatic carbocycles. The van der Waals surface area contributed by atoms with Crippen molar-refractivity contribution in [3.8, 4) is 5.75 Å². The molecule has 0 saturated heterocycles. The minimum absolute atomic E-state index is 0.0434. The standard InChI is InChI=1S/C21H28N2O4S/c1-5-17(4)23(21(24)22-19-11-7-16(3)8-12-19)15-18-9-13-20(14-10-18)27-28(25,26)6-2/h7-14,17H,5-6,15H2,1-4H3,(H,22,24)/t17-/m1/s1. The van der Waals surface area contributed by atoms with Crippen molar-refractivity contribution < 1.29 is 17.4 Å². The molecule has 0 fully saturated rings. The molecule has 0 unspecified atom stereocenters. The SMILES string of the molecule is CC[C@@H](C)N(Cc1ccc(OS(=O)(=O)CC)cc1)C(=O)Nc1ccc(C)cc1. The zero-order chi connectivity index (χ0) is 20.7. The van der Waals surface area contributed by atoms with Crippen molar-refractivity contribution in [3.63, 3.8) is 0 Å². The summed E-state index contributed by atoms with van der Waals surface area (Å²) in [6, 6.07) is 14.3. The predicted molar refractivity (Wildman–Crippen MR) is 112 cm³/mol. The van der Waals surface area contributed by atoms with Crippen LogP contribution in [0, 0.1) is 6.92 Å². The van der Waals surface area contributed by atoms with E-state index < -0.39 is 10.1 Å². The highest BCUT2D eigenvalue weighted by molar-refractivity contribution is 7.87. The molecule has 2 amide bonds. The molecule has 2 rings (SSSR count). The number of carbonyl (C=O) groups is 1. The fraction of sp³-hybridized carbons (Fsp3) is 0.381. The molecule has 2 aromatic rings. The number of carbonyl (C=O) groups excluding carboxylic acids is 1. The van der Waals surface area contributed by atoms with Crippen LogP contribution in [-0.4, -0.2) is 31.1 Å². The van der Waals surface area contributed by atoms with Crippen molar-refractivity contribution in [2.45, 2.75) is 46.7 Å². The molecule has 2 aromatic carbocycles. The first kappa shape index (κ1) is 21.8. The number of hydrogen-bond acceptors (Lipinski definition) is 4. The highest BCUT2D eigenvalue weighted by atomic mass is 32.2. The maximum atomic E-state index is 12.8. The van der Waals surface area contributed by atoms with Crippen LogP contribution in [0.4, 0.5) is 10.5 Å². The summed E-state index contributed by atoms with van der Waals surface area (Å²) in [6.07, 6.45) is 0.817. The number of amides is 2. The first-order valence-electron chi connectivity index (χ1n) is 9.39. The molecule has 0 aromatic heterocycles. The van der Waals surface area contributed by atoms with E-state index in [1.165, 1.54) is 6.92 Å². The number of nitrogens with zero attached hydrogens (tertiary/aromatic N) is 1. The highest BCUT2D eigenvalue weighted by Crippen LogP contribution is 2.19. The number of rotatable bonds is 8. The second kappa shape index (κ2) is 9.59.